The van der Waals surface area contributed by atoms with Crippen molar-refractivity contribution < 1.29 is 87.6 Å². The average molecular weight is 1070 g/mol. The van der Waals surface area contributed by atoms with Crippen LogP contribution < -0.4 is 0 Å². The zero-order chi connectivity index (χ0) is 55.9. The Bertz CT molecular complexity index is 1920. The number of allylic oxidation sites excluding steroid dienone is 4. The number of methoxy groups -OCH3 is 2. The summed E-state index contributed by atoms with van der Waals surface area (Å²) in [5, 5.41) is 66.2. The molecular formula is C57H94O18. The van der Waals surface area contributed by atoms with Crippen LogP contribution in [-0.4, -0.2) is 166 Å². The van der Waals surface area contributed by atoms with Crippen molar-refractivity contribution in [1.29, 1.82) is 0 Å². The third kappa shape index (κ3) is 14.8. The van der Waals surface area contributed by atoms with E-state index >= 15 is 0 Å². The standard InChI is InChI=1S/C57H94O18/c1-16-40-36(10)74-56(66-14,27-44(40)70-47-25-42(58)51(63)38(12)68-47)34(8)49(61)32(6)53-30(4)22-20-23-31(5)55(65)73-54(29(3)21-18-19-24-46(60)72-53)33(7)50(62)35(9)57(67-15)28-45(41(17-2)37(11)75-57)71-48-26-43(59)52(64)39(13)69-48/h18-24,29-30,32-45,47-54,58-59,61-64H,16-17,25-28H2,1-15H3. The Hall–Kier alpha value is -2.66. The molecular weight excluding hydrogens is 973 g/mol. The maximum atomic E-state index is 14.0. The molecule has 26 unspecified atom stereocenters. The van der Waals surface area contributed by atoms with Gasteiger partial charge in [0.2, 0.25) is 0 Å². The lowest BCUT2D eigenvalue weighted by Gasteiger charge is -2.52. The molecule has 0 spiro atoms. The Morgan fingerprint density at radius 3 is 1.44 bits per heavy atom. The van der Waals surface area contributed by atoms with Crippen LogP contribution in [0.15, 0.2) is 48.1 Å². The summed E-state index contributed by atoms with van der Waals surface area (Å²) in [4.78, 5) is 27.7. The molecule has 6 N–H and O–H groups in total. The smallest absolute Gasteiger partial charge is 0.334 e. The summed E-state index contributed by atoms with van der Waals surface area (Å²) in [7, 11) is 3.05. The molecule has 0 aromatic heterocycles. The Morgan fingerprint density at radius 1 is 0.627 bits per heavy atom. The summed E-state index contributed by atoms with van der Waals surface area (Å²) in [5.41, 5.74) is 0.281. The molecule has 75 heavy (non-hydrogen) atoms. The second kappa shape index (κ2) is 27.5. The molecule has 0 radical (unpaired) electrons. The molecule has 18 heteroatoms. The maximum Gasteiger partial charge on any atom is 0.334 e. The predicted octanol–water partition coefficient (Wildman–Crippen LogP) is 5.82. The lowest BCUT2D eigenvalue weighted by Crippen LogP contribution is -2.60. The number of aliphatic hydroxyl groups excluding tert-OH is 6. The van der Waals surface area contributed by atoms with Crippen molar-refractivity contribution in [3.05, 3.63) is 48.1 Å². The van der Waals surface area contributed by atoms with Crippen LogP contribution >= 0.6 is 0 Å². The van der Waals surface area contributed by atoms with Crippen molar-refractivity contribution in [3.8, 4) is 0 Å². The molecule has 4 saturated heterocycles. The second-order valence-electron chi connectivity index (χ2n) is 22.5. The van der Waals surface area contributed by atoms with Crippen LogP contribution in [0.3, 0.4) is 0 Å². The van der Waals surface area contributed by atoms with E-state index in [1.807, 2.05) is 62.3 Å². The quantitative estimate of drug-likeness (QED) is 0.0998. The minimum absolute atomic E-state index is 0.0698. The molecule has 0 aromatic rings. The second-order valence-corrected chi connectivity index (χ2v) is 22.5. The van der Waals surface area contributed by atoms with E-state index in [0.717, 1.165) is 0 Å². The molecule has 4 fully saturated rings. The van der Waals surface area contributed by atoms with Gasteiger partial charge in [-0.05, 0) is 47.5 Å². The number of hydrogen-bond acceptors (Lipinski definition) is 18. The van der Waals surface area contributed by atoms with Gasteiger partial charge >= 0.3 is 11.9 Å². The molecule has 18 nitrogen and oxygen atoms in total. The van der Waals surface area contributed by atoms with Crippen LogP contribution in [0, 0.1) is 47.3 Å². The number of aliphatic hydroxyl groups is 6. The number of esters is 2. The van der Waals surface area contributed by atoms with Gasteiger partial charge in [-0.15, -0.1) is 0 Å². The highest BCUT2D eigenvalue weighted by molar-refractivity contribution is 5.88. The highest BCUT2D eigenvalue weighted by atomic mass is 16.7. The Kier molecular flexibility index (Phi) is 23.1. The van der Waals surface area contributed by atoms with E-state index in [0.29, 0.717) is 12.8 Å². The molecule has 0 saturated carbocycles. The van der Waals surface area contributed by atoms with Crippen molar-refractivity contribution >= 4 is 11.9 Å². The van der Waals surface area contributed by atoms with Gasteiger partial charge in [0.15, 0.2) is 24.2 Å². The van der Waals surface area contributed by atoms with E-state index in [9.17, 15) is 40.2 Å². The van der Waals surface area contributed by atoms with E-state index in [4.69, 9.17) is 47.4 Å². The molecule has 0 amide bonds. The van der Waals surface area contributed by atoms with Crippen molar-refractivity contribution in [1.82, 2.24) is 0 Å². The fourth-order valence-corrected chi connectivity index (χ4v) is 12.3. The van der Waals surface area contributed by atoms with Crippen molar-refractivity contribution in [2.45, 2.75) is 238 Å². The summed E-state index contributed by atoms with van der Waals surface area (Å²) in [6.45, 7) is 23.9. The third-order valence-electron chi connectivity index (χ3n) is 17.4. The predicted molar refractivity (Wildman–Crippen MR) is 277 cm³/mol. The molecule has 5 rings (SSSR count). The van der Waals surface area contributed by atoms with Crippen molar-refractivity contribution in [3.63, 3.8) is 0 Å². The third-order valence-corrected chi connectivity index (χ3v) is 17.4. The van der Waals surface area contributed by atoms with Crippen LogP contribution in [0.4, 0.5) is 0 Å². The first kappa shape index (κ1) is 63.2. The lowest BCUT2D eigenvalue weighted by atomic mass is 9.76. The fraction of sp³-hybridized carbons (Fsp3) is 0.825. The van der Waals surface area contributed by atoms with Gasteiger partial charge in [-0.3, -0.25) is 0 Å². The molecule has 0 aliphatic carbocycles. The first-order valence-corrected chi connectivity index (χ1v) is 27.6. The van der Waals surface area contributed by atoms with Crippen LogP contribution in [0.25, 0.3) is 0 Å². The molecule has 5 aliphatic heterocycles. The van der Waals surface area contributed by atoms with E-state index in [1.54, 1.807) is 58.1 Å². The largest absolute Gasteiger partial charge is 0.458 e. The summed E-state index contributed by atoms with van der Waals surface area (Å²) in [5.74, 6) is -7.69. The zero-order valence-electron chi connectivity index (χ0n) is 47.2. The number of carbonyl (C=O) groups excluding carboxylic acids is 2. The molecule has 26 atom stereocenters. The van der Waals surface area contributed by atoms with Crippen LogP contribution in [-0.2, 0) is 57.0 Å². The lowest BCUT2D eigenvalue weighted by molar-refractivity contribution is -0.352. The highest BCUT2D eigenvalue weighted by Gasteiger charge is 2.55. The maximum absolute atomic E-state index is 14.0. The van der Waals surface area contributed by atoms with Gasteiger partial charge in [-0.25, -0.2) is 9.59 Å². The molecule has 430 valence electrons. The van der Waals surface area contributed by atoms with Gasteiger partial charge in [-0.2, -0.15) is 0 Å². The van der Waals surface area contributed by atoms with E-state index in [2.05, 4.69) is 0 Å². The monoisotopic (exact) mass is 1070 g/mol. The van der Waals surface area contributed by atoms with Gasteiger partial charge in [0.1, 0.15) is 24.4 Å². The van der Waals surface area contributed by atoms with Gasteiger partial charge < -0.3 is 78.0 Å². The Labute approximate surface area is 446 Å². The normalized spacial score (nSPS) is 43.1. The fourth-order valence-electron chi connectivity index (χ4n) is 12.3. The van der Waals surface area contributed by atoms with Crippen molar-refractivity contribution in [2.24, 2.45) is 47.3 Å². The number of ether oxygens (including phenoxy) is 10. The van der Waals surface area contributed by atoms with Crippen LogP contribution in [0.1, 0.15) is 129 Å². The van der Waals surface area contributed by atoms with Gasteiger partial charge in [-0.1, -0.05) is 91.8 Å². The highest BCUT2D eigenvalue weighted by Crippen LogP contribution is 2.47. The minimum Gasteiger partial charge on any atom is -0.458 e. The summed E-state index contributed by atoms with van der Waals surface area (Å²) in [6.07, 6.45) is 0.922. The molecule has 0 bridgehead atoms. The summed E-state index contributed by atoms with van der Waals surface area (Å²) >= 11 is 0. The summed E-state index contributed by atoms with van der Waals surface area (Å²) in [6, 6.07) is 0. The summed E-state index contributed by atoms with van der Waals surface area (Å²) < 4.78 is 63.1. The van der Waals surface area contributed by atoms with E-state index in [1.165, 1.54) is 26.4 Å². The van der Waals surface area contributed by atoms with Gasteiger partial charge in [0.25, 0.3) is 0 Å². The Morgan fingerprint density at radius 2 is 1.04 bits per heavy atom. The zero-order valence-corrected chi connectivity index (χ0v) is 47.2. The van der Waals surface area contributed by atoms with Gasteiger partial charge in [0, 0.05) is 98.9 Å². The first-order valence-electron chi connectivity index (χ1n) is 27.6. The number of rotatable bonds is 16. The van der Waals surface area contributed by atoms with Crippen LogP contribution in [0.5, 0.6) is 0 Å². The minimum atomic E-state index is -1.33. The van der Waals surface area contributed by atoms with Gasteiger partial charge in [0.05, 0.1) is 61.0 Å². The first-order chi connectivity index (χ1) is 35.3. The molecule has 5 heterocycles. The van der Waals surface area contributed by atoms with Crippen molar-refractivity contribution in [2.75, 3.05) is 14.2 Å². The van der Waals surface area contributed by atoms with E-state index in [-0.39, 0.29) is 55.3 Å². The SMILES string of the molecule is CCC1C(C)OC(OC)(C(C)C(O)C(C)C2OC(=O)C=CC=CC(C)C(C(C)C(O)C(C)C3(OC)CC(OC4CC(O)C(O)C(C)O4)C(CC)C(C)O3)OC(=O)C(C)=CC=CC2C)CC1OC1CC(O)C(O)C(C)O1. The van der Waals surface area contributed by atoms with E-state index < -0.39 is 145 Å². The average Bonchev–Trinajstić information content (AvgIpc) is 3.37. The molecule has 5 aliphatic rings. The number of carbonyl (C=O) groups is 2. The number of cyclic esters (lactones) is 2. The topological polar surface area (TPSA) is 248 Å². The number of hydrogen-bond donors (Lipinski definition) is 6. The van der Waals surface area contributed by atoms with Crippen LogP contribution in [0.2, 0.25) is 0 Å². The Balaban J connectivity index is 1.33. The molecule has 0 aromatic carbocycles.